The zero-order chi connectivity index (χ0) is 12.4. The number of fused-ring (bicyclic) bond motifs is 2. The van der Waals surface area contributed by atoms with E-state index >= 15 is 0 Å². The molecule has 3 fully saturated rings. The summed E-state index contributed by atoms with van der Waals surface area (Å²) in [4.78, 5) is 12.2. The van der Waals surface area contributed by atoms with Crippen LogP contribution in [0, 0.1) is 5.92 Å². The number of piperidine rings is 2. The van der Waals surface area contributed by atoms with Crippen molar-refractivity contribution in [2.75, 3.05) is 13.2 Å². The van der Waals surface area contributed by atoms with E-state index in [1.54, 1.807) is 0 Å². The third-order valence-electron chi connectivity index (χ3n) is 4.49. The average molecular weight is 253 g/mol. The SMILES string of the molecule is O=C(CCC1OCCO1)C1CC2CCCC(C1)N2. The molecule has 0 amide bonds. The minimum atomic E-state index is -0.129. The summed E-state index contributed by atoms with van der Waals surface area (Å²) >= 11 is 0. The second kappa shape index (κ2) is 5.68. The Morgan fingerprint density at radius 2 is 1.78 bits per heavy atom. The van der Waals surface area contributed by atoms with Crippen LogP contribution in [-0.4, -0.2) is 37.4 Å². The molecule has 4 nitrogen and oxygen atoms in total. The first-order valence-electron chi connectivity index (χ1n) is 7.33. The molecule has 0 aromatic carbocycles. The van der Waals surface area contributed by atoms with Gasteiger partial charge in [-0.25, -0.2) is 0 Å². The van der Waals surface area contributed by atoms with Crippen molar-refractivity contribution < 1.29 is 14.3 Å². The number of nitrogens with one attached hydrogen (secondary N) is 1. The Morgan fingerprint density at radius 3 is 2.44 bits per heavy atom. The van der Waals surface area contributed by atoms with Crippen molar-refractivity contribution in [3.8, 4) is 0 Å². The number of ketones is 1. The van der Waals surface area contributed by atoms with E-state index in [1.807, 2.05) is 0 Å². The lowest BCUT2D eigenvalue weighted by Crippen LogP contribution is -2.50. The first-order chi connectivity index (χ1) is 8.81. The summed E-state index contributed by atoms with van der Waals surface area (Å²) in [5.74, 6) is 0.704. The van der Waals surface area contributed by atoms with Gasteiger partial charge in [-0.05, 0) is 25.7 Å². The Labute approximate surface area is 108 Å². The number of carbonyl (C=O) groups is 1. The highest BCUT2D eigenvalue weighted by molar-refractivity contribution is 5.81. The van der Waals surface area contributed by atoms with Crippen LogP contribution in [0.5, 0.6) is 0 Å². The van der Waals surface area contributed by atoms with Gasteiger partial charge in [-0.1, -0.05) is 6.42 Å². The van der Waals surface area contributed by atoms with Crippen LogP contribution in [0.2, 0.25) is 0 Å². The van der Waals surface area contributed by atoms with Gasteiger partial charge in [0.05, 0.1) is 13.2 Å². The van der Waals surface area contributed by atoms with Gasteiger partial charge in [0.25, 0.3) is 0 Å². The fourth-order valence-electron chi connectivity index (χ4n) is 3.57. The monoisotopic (exact) mass is 253 g/mol. The number of rotatable bonds is 4. The Balaban J connectivity index is 1.46. The van der Waals surface area contributed by atoms with Gasteiger partial charge < -0.3 is 14.8 Å². The van der Waals surface area contributed by atoms with Gasteiger partial charge in [0.15, 0.2) is 6.29 Å². The first kappa shape index (κ1) is 12.6. The largest absolute Gasteiger partial charge is 0.350 e. The highest BCUT2D eigenvalue weighted by Crippen LogP contribution is 2.31. The van der Waals surface area contributed by atoms with E-state index in [2.05, 4.69) is 5.32 Å². The van der Waals surface area contributed by atoms with Crippen LogP contribution < -0.4 is 5.32 Å². The quantitative estimate of drug-likeness (QED) is 0.827. The Morgan fingerprint density at radius 1 is 1.11 bits per heavy atom. The molecule has 0 aromatic heterocycles. The molecule has 102 valence electrons. The maximum absolute atomic E-state index is 12.2. The fraction of sp³-hybridized carbons (Fsp3) is 0.929. The molecule has 0 spiro atoms. The van der Waals surface area contributed by atoms with Crippen LogP contribution in [0.1, 0.15) is 44.9 Å². The van der Waals surface area contributed by atoms with Gasteiger partial charge in [0.2, 0.25) is 0 Å². The molecule has 3 saturated heterocycles. The summed E-state index contributed by atoms with van der Waals surface area (Å²) in [6.07, 6.45) is 7.13. The Hall–Kier alpha value is -0.450. The van der Waals surface area contributed by atoms with E-state index in [4.69, 9.17) is 9.47 Å². The molecular weight excluding hydrogens is 230 g/mol. The summed E-state index contributed by atoms with van der Waals surface area (Å²) in [6, 6.07) is 1.18. The minimum absolute atomic E-state index is 0.129. The Bertz CT molecular complexity index is 289. The second-order valence-electron chi connectivity index (χ2n) is 5.84. The molecular formula is C14H23NO3. The predicted octanol–water partition coefficient (Wildman–Crippen LogP) is 1.63. The van der Waals surface area contributed by atoms with E-state index in [0.717, 1.165) is 19.3 Å². The van der Waals surface area contributed by atoms with Crippen LogP contribution in [0.15, 0.2) is 0 Å². The van der Waals surface area contributed by atoms with E-state index in [0.29, 0.717) is 37.5 Å². The van der Waals surface area contributed by atoms with Crippen LogP contribution in [0.4, 0.5) is 0 Å². The van der Waals surface area contributed by atoms with E-state index in [1.165, 1.54) is 19.3 Å². The van der Waals surface area contributed by atoms with Gasteiger partial charge in [0, 0.05) is 30.8 Å². The molecule has 3 aliphatic rings. The van der Waals surface area contributed by atoms with Gasteiger partial charge >= 0.3 is 0 Å². The molecule has 2 unspecified atom stereocenters. The fourth-order valence-corrected chi connectivity index (χ4v) is 3.57. The summed E-state index contributed by atoms with van der Waals surface area (Å²) < 4.78 is 10.8. The molecule has 3 rings (SSSR count). The van der Waals surface area contributed by atoms with Gasteiger partial charge in [0.1, 0.15) is 5.78 Å². The molecule has 2 atom stereocenters. The summed E-state index contributed by atoms with van der Waals surface area (Å²) in [7, 11) is 0. The van der Waals surface area contributed by atoms with Gasteiger partial charge in [-0.3, -0.25) is 4.79 Å². The van der Waals surface area contributed by atoms with E-state index in [-0.39, 0.29) is 12.2 Å². The molecule has 0 saturated carbocycles. The second-order valence-corrected chi connectivity index (χ2v) is 5.84. The van der Waals surface area contributed by atoms with Crippen molar-refractivity contribution in [3.63, 3.8) is 0 Å². The average Bonchev–Trinajstić information content (AvgIpc) is 2.88. The molecule has 0 aromatic rings. The van der Waals surface area contributed by atoms with Crippen LogP contribution in [0.3, 0.4) is 0 Å². The number of hydrogen-bond donors (Lipinski definition) is 1. The predicted molar refractivity (Wildman–Crippen MR) is 67.2 cm³/mol. The topological polar surface area (TPSA) is 47.6 Å². The molecule has 4 heteroatoms. The summed E-state index contributed by atoms with van der Waals surface area (Å²) in [6.45, 7) is 1.35. The molecule has 0 aliphatic carbocycles. The van der Waals surface area contributed by atoms with Gasteiger partial charge in [-0.15, -0.1) is 0 Å². The van der Waals surface area contributed by atoms with Crippen molar-refractivity contribution in [3.05, 3.63) is 0 Å². The molecule has 18 heavy (non-hydrogen) atoms. The lowest BCUT2D eigenvalue weighted by atomic mass is 9.78. The van der Waals surface area contributed by atoms with Crippen LogP contribution in [-0.2, 0) is 14.3 Å². The van der Waals surface area contributed by atoms with Crippen molar-refractivity contribution in [2.45, 2.75) is 63.3 Å². The number of carbonyl (C=O) groups excluding carboxylic acids is 1. The maximum atomic E-state index is 12.2. The molecule has 2 bridgehead atoms. The highest BCUT2D eigenvalue weighted by atomic mass is 16.7. The maximum Gasteiger partial charge on any atom is 0.158 e. The van der Waals surface area contributed by atoms with E-state index < -0.39 is 0 Å². The third kappa shape index (κ3) is 2.92. The third-order valence-corrected chi connectivity index (χ3v) is 4.49. The summed E-state index contributed by atoms with van der Waals surface area (Å²) in [5.41, 5.74) is 0. The van der Waals surface area contributed by atoms with Crippen LogP contribution in [0.25, 0.3) is 0 Å². The van der Waals surface area contributed by atoms with Crippen molar-refractivity contribution in [1.29, 1.82) is 0 Å². The summed E-state index contributed by atoms with van der Waals surface area (Å²) in [5, 5.41) is 3.63. The number of Topliss-reactive ketones (excluding diaryl/α,β-unsaturated/α-hetero) is 1. The standard InChI is InChI=1S/C14H23NO3/c16-13(4-5-14-17-6-7-18-14)10-8-11-2-1-3-12(9-10)15-11/h10-12,14-15H,1-9H2. The van der Waals surface area contributed by atoms with Crippen molar-refractivity contribution >= 4 is 5.78 Å². The molecule has 3 aliphatic heterocycles. The lowest BCUT2D eigenvalue weighted by Gasteiger charge is -2.39. The molecule has 1 N–H and O–H groups in total. The molecule has 0 radical (unpaired) electrons. The lowest BCUT2D eigenvalue weighted by molar-refractivity contribution is -0.127. The van der Waals surface area contributed by atoms with E-state index in [9.17, 15) is 4.79 Å². The van der Waals surface area contributed by atoms with Crippen molar-refractivity contribution in [2.24, 2.45) is 5.92 Å². The number of hydrogen-bond acceptors (Lipinski definition) is 4. The van der Waals surface area contributed by atoms with Gasteiger partial charge in [-0.2, -0.15) is 0 Å². The Kier molecular flexibility index (Phi) is 3.97. The molecule has 3 heterocycles. The smallest absolute Gasteiger partial charge is 0.158 e. The van der Waals surface area contributed by atoms with Crippen molar-refractivity contribution in [1.82, 2.24) is 5.32 Å². The minimum Gasteiger partial charge on any atom is -0.350 e. The zero-order valence-corrected chi connectivity index (χ0v) is 10.9. The normalized spacial score (nSPS) is 36.8. The van der Waals surface area contributed by atoms with Crippen LogP contribution >= 0.6 is 0 Å². The zero-order valence-electron chi connectivity index (χ0n) is 10.9. The first-order valence-corrected chi connectivity index (χ1v) is 7.33. The number of ether oxygens (including phenoxy) is 2. The highest BCUT2D eigenvalue weighted by Gasteiger charge is 2.34.